The van der Waals surface area contributed by atoms with Crippen molar-refractivity contribution in [1.82, 2.24) is 15.1 Å². The van der Waals surface area contributed by atoms with Gasteiger partial charge in [0.1, 0.15) is 0 Å². The first-order valence-corrected chi connectivity index (χ1v) is 7.33. The summed E-state index contributed by atoms with van der Waals surface area (Å²) in [7, 11) is 0. The smallest absolute Gasteiger partial charge is 0.332 e. The van der Waals surface area contributed by atoms with Crippen molar-refractivity contribution in [3.63, 3.8) is 0 Å². The lowest BCUT2D eigenvalue weighted by Gasteiger charge is -2.32. The minimum atomic E-state index is -1.43. The molecule has 21 heavy (non-hydrogen) atoms. The number of hydrogen-bond donors (Lipinski definition) is 3. The van der Waals surface area contributed by atoms with Crippen LogP contribution < -0.4 is 5.32 Å². The lowest BCUT2D eigenvalue weighted by atomic mass is 10.2. The number of aliphatic hydroxyl groups is 1. The average molecular weight is 301 g/mol. The van der Waals surface area contributed by atoms with E-state index in [-0.39, 0.29) is 19.0 Å². The number of nitrogens with zero attached hydrogens (tertiary/aromatic N) is 2. The van der Waals surface area contributed by atoms with Gasteiger partial charge < -0.3 is 25.2 Å². The molecule has 2 atom stereocenters. The summed E-state index contributed by atoms with van der Waals surface area (Å²) < 4.78 is 5.32. The third-order valence-electron chi connectivity index (χ3n) is 3.99. The maximum Gasteiger partial charge on any atom is 0.332 e. The molecular formula is C13H23N3O5. The number of carboxylic acid groups (broad SMARTS) is 1. The van der Waals surface area contributed by atoms with Crippen LogP contribution in [0.1, 0.15) is 12.8 Å². The Labute approximate surface area is 123 Å². The van der Waals surface area contributed by atoms with E-state index >= 15 is 0 Å². The number of rotatable bonds is 5. The van der Waals surface area contributed by atoms with Gasteiger partial charge in [0.15, 0.2) is 6.10 Å². The number of carbonyl (C=O) groups is 2. The molecule has 0 saturated carbocycles. The largest absolute Gasteiger partial charge is 0.479 e. The Morgan fingerprint density at radius 3 is 2.67 bits per heavy atom. The lowest BCUT2D eigenvalue weighted by molar-refractivity contribution is -0.146. The van der Waals surface area contributed by atoms with Crippen LogP contribution in [0.5, 0.6) is 0 Å². The first kappa shape index (κ1) is 16.0. The Balaban J connectivity index is 1.68. The SMILES string of the molecule is O=C(O)[C@@H](O)CCNC(=O)N1CCC(N2CCOCC2)C1. The van der Waals surface area contributed by atoms with Crippen molar-refractivity contribution in [3.05, 3.63) is 0 Å². The van der Waals surface area contributed by atoms with Gasteiger partial charge in [0.25, 0.3) is 0 Å². The van der Waals surface area contributed by atoms with E-state index in [1.807, 2.05) is 0 Å². The standard InChI is InChI=1S/C13H23N3O5/c17-11(12(18)19)1-3-14-13(20)16-4-2-10(9-16)15-5-7-21-8-6-15/h10-11,17H,1-9H2,(H,14,20)(H,18,19)/t10?,11-/m0/s1. The second-order valence-electron chi connectivity index (χ2n) is 5.41. The van der Waals surface area contributed by atoms with Crippen molar-refractivity contribution in [1.29, 1.82) is 0 Å². The number of nitrogens with one attached hydrogen (secondary N) is 1. The third-order valence-corrected chi connectivity index (χ3v) is 3.99. The van der Waals surface area contributed by atoms with E-state index in [4.69, 9.17) is 14.9 Å². The molecule has 8 heteroatoms. The molecule has 0 aromatic carbocycles. The van der Waals surface area contributed by atoms with Crippen LogP contribution in [0.25, 0.3) is 0 Å². The summed E-state index contributed by atoms with van der Waals surface area (Å²) in [5.41, 5.74) is 0. The van der Waals surface area contributed by atoms with Crippen LogP contribution in [-0.2, 0) is 9.53 Å². The molecule has 0 aromatic heterocycles. The highest BCUT2D eigenvalue weighted by Crippen LogP contribution is 2.16. The number of amides is 2. The van der Waals surface area contributed by atoms with E-state index < -0.39 is 12.1 Å². The van der Waals surface area contributed by atoms with Crippen LogP contribution in [0.3, 0.4) is 0 Å². The van der Waals surface area contributed by atoms with Gasteiger partial charge in [-0.3, -0.25) is 4.90 Å². The van der Waals surface area contributed by atoms with Gasteiger partial charge in [0.05, 0.1) is 13.2 Å². The maximum absolute atomic E-state index is 12.0. The van der Waals surface area contributed by atoms with Gasteiger partial charge in [-0.15, -0.1) is 0 Å². The van der Waals surface area contributed by atoms with Crippen LogP contribution in [0, 0.1) is 0 Å². The van der Waals surface area contributed by atoms with Crippen LogP contribution in [0.15, 0.2) is 0 Å². The van der Waals surface area contributed by atoms with E-state index in [1.165, 1.54) is 0 Å². The number of urea groups is 1. The number of carboxylic acids is 1. The summed E-state index contributed by atoms with van der Waals surface area (Å²) >= 11 is 0. The third kappa shape index (κ3) is 4.55. The molecule has 0 bridgehead atoms. The predicted octanol–water partition coefficient (Wildman–Crippen LogP) is -1.06. The number of ether oxygens (including phenoxy) is 1. The van der Waals surface area contributed by atoms with Crippen molar-refractivity contribution >= 4 is 12.0 Å². The molecule has 2 amide bonds. The molecule has 1 unspecified atom stereocenters. The zero-order valence-corrected chi connectivity index (χ0v) is 12.0. The summed E-state index contributed by atoms with van der Waals surface area (Å²) in [4.78, 5) is 26.5. The van der Waals surface area contributed by atoms with E-state index in [9.17, 15) is 9.59 Å². The zero-order chi connectivity index (χ0) is 15.2. The fourth-order valence-electron chi connectivity index (χ4n) is 2.72. The second-order valence-corrected chi connectivity index (χ2v) is 5.41. The summed E-state index contributed by atoms with van der Waals surface area (Å²) in [5.74, 6) is -1.27. The monoisotopic (exact) mass is 301 g/mol. The minimum absolute atomic E-state index is 0.0157. The van der Waals surface area contributed by atoms with Crippen molar-refractivity contribution < 1.29 is 24.5 Å². The quantitative estimate of drug-likeness (QED) is 0.598. The minimum Gasteiger partial charge on any atom is -0.479 e. The highest BCUT2D eigenvalue weighted by atomic mass is 16.5. The first-order chi connectivity index (χ1) is 10.1. The molecule has 2 saturated heterocycles. The molecule has 120 valence electrons. The maximum atomic E-state index is 12.0. The Hall–Kier alpha value is -1.38. The Bertz CT molecular complexity index is 373. The van der Waals surface area contributed by atoms with E-state index in [0.29, 0.717) is 19.1 Å². The zero-order valence-electron chi connectivity index (χ0n) is 12.0. The molecule has 2 heterocycles. The lowest BCUT2D eigenvalue weighted by Crippen LogP contribution is -2.46. The molecule has 0 radical (unpaired) electrons. The summed E-state index contributed by atoms with van der Waals surface area (Å²) in [6.45, 7) is 4.86. The first-order valence-electron chi connectivity index (χ1n) is 7.33. The van der Waals surface area contributed by atoms with Crippen molar-refractivity contribution in [2.24, 2.45) is 0 Å². The number of likely N-dealkylation sites (tertiary alicyclic amines) is 1. The van der Waals surface area contributed by atoms with Crippen LogP contribution in [-0.4, -0.2) is 90.1 Å². The normalized spacial score (nSPS) is 24.8. The molecule has 2 aliphatic rings. The molecule has 8 nitrogen and oxygen atoms in total. The van der Waals surface area contributed by atoms with Crippen molar-refractivity contribution in [2.75, 3.05) is 45.9 Å². The van der Waals surface area contributed by atoms with Crippen LogP contribution in [0.4, 0.5) is 4.79 Å². The topological polar surface area (TPSA) is 102 Å². The van der Waals surface area contributed by atoms with Crippen molar-refractivity contribution in [3.8, 4) is 0 Å². The number of aliphatic carboxylic acids is 1. The van der Waals surface area contributed by atoms with Gasteiger partial charge in [-0.05, 0) is 6.42 Å². The molecule has 0 aromatic rings. The van der Waals surface area contributed by atoms with E-state index in [1.54, 1.807) is 4.90 Å². The number of morpholine rings is 1. The molecule has 0 spiro atoms. The fourth-order valence-corrected chi connectivity index (χ4v) is 2.72. The predicted molar refractivity (Wildman–Crippen MR) is 74.0 cm³/mol. The van der Waals surface area contributed by atoms with Crippen molar-refractivity contribution in [2.45, 2.75) is 25.0 Å². The molecule has 2 aliphatic heterocycles. The highest BCUT2D eigenvalue weighted by Gasteiger charge is 2.31. The Morgan fingerprint density at radius 2 is 2.00 bits per heavy atom. The molecule has 0 aliphatic carbocycles. The van der Waals surface area contributed by atoms with E-state index in [0.717, 1.165) is 32.7 Å². The van der Waals surface area contributed by atoms with Gasteiger partial charge >= 0.3 is 12.0 Å². The van der Waals surface area contributed by atoms with Gasteiger partial charge in [-0.2, -0.15) is 0 Å². The molecule has 2 fully saturated rings. The van der Waals surface area contributed by atoms with Crippen LogP contribution >= 0.6 is 0 Å². The number of carbonyl (C=O) groups excluding carboxylic acids is 1. The number of aliphatic hydroxyl groups excluding tert-OH is 1. The van der Waals surface area contributed by atoms with Gasteiger partial charge in [0.2, 0.25) is 0 Å². The second kappa shape index (κ2) is 7.58. The van der Waals surface area contributed by atoms with E-state index in [2.05, 4.69) is 10.2 Å². The van der Waals surface area contributed by atoms with Gasteiger partial charge in [-0.1, -0.05) is 0 Å². The highest BCUT2D eigenvalue weighted by molar-refractivity contribution is 5.75. The average Bonchev–Trinajstić information content (AvgIpc) is 2.97. The van der Waals surface area contributed by atoms with Gasteiger partial charge in [0, 0.05) is 45.2 Å². The Kier molecular flexibility index (Phi) is 5.77. The molecular weight excluding hydrogens is 278 g/mol. The van der Waals surface area contributed by atoms with Gasteiger partial charge in [-0.25, -0.2) is 9.59 Å². The van der Waals surface area contributed by atoms with Crippen LogP contribution in [0.2, 0.25) is 0 Å². The fraction of sp³-hybridized carbons (Fsp3) is 0.846. The summed E-state index contributed by atoms with van der Waals surface area (Å²) in [6.07, 6.45) is -0.461. The molecule has 3 N–H and O–H groups in total. The summed E-state index contributed by atoms with van der Waals surface area (Å²) in [6, 6.07) is 0.188. The number of hydrogen-bond acceptors (Lipinski definition) is 5. The summed E-state index contributed by atoms with van der Waals surface area (Å²) in [5, 5.41) is 20.3. The Morgan fingerprint density at radius 1 is 1.29 bits per heavy atom. The molecule has 2 rings (SSSR count).